The molecule has 22 heavy (non-hydrogen) atoms. The van der Waals surface area contributed by atoms with E-state index in [2.05, 4.69) is 45.4 Å². The van der Waals surface area contributed by atoms with Crippen molar-refractivity contribution >= 4 is 17.2 Å². The second kappa shape index (κ2) is 5.04. The van der Waals surface area contributed by atoms with E-state index in [-0.39, 0.29) is 0 Å². The van der Waals surface area contributed by atoms with Gasteiger partial charge in [-0.3, -0.25) is 0 Å². The summed E-state index contributed by atoms with van der Waals surface area (Å²) in [7, 11) is 0. The Kier molecular flexibility index (Phi) is 2.90. The highest BCUT2D eigenvalue weighted by Gasteiger charge is 2.12. The van der Waals surface area contributed by atoms with Crippen LogP contribution in [0.1, 0.15) is 0 Å². The Morgan fingerprint density at radius 2 is 1.59 bits per heavy atom. The molecule has 0 saturated heterocycles. The molecule has 0 unspecified atom stereocenters. The first-order valence-corrected chi connectivity index (χ1v) is 7.21. The van der Waals surface area contributed by atoms with Gasteiger partial charge in [-0.1, -0.05) is 49.0 Å². The number of aromatic nitrogens is 3. The van der Waals surface area contributed by atoms with Gasteiger partial charge in [0.25, 0.3) is 0 Å². The number of imidazole rings is 1. The lowest BCUT2D eigenvalue weighted by atomic mass is 10.1. The second-order valence-corrected chi connectivity index (χ2v) is 5.12. The lowest BCUT2D eigenvalue weighted by molar-refractivity contribution is 1.15. The fourth-order valence-corrected chi connectivity index (χ4v) is 2.76. The fraction of sp³-hybridized carbons (Fsp3) is 0. The average Bonchev–Trinajstić information content (AvgIpc) is 3.18. The van der Waals surface area contributed by atoms with Crippen LogP contribution in [-0.4, -0.2) is 14.5 Å². The monoisotopic (exact) mass is 285 g/mol. The largest absolute Gasteiger partial charge is 0.337 e. The molecule has 0 radical (unpaired) electrons. The van der Waals surface area contributed by atoms with Crippen LogP contribution in [0.3, 0.4) is 0 Å². The Balaban J connectivity index is 1.89. The average molecular weight is 285 g/mol. The number of aromatic amines is 1. The number of nitrogens with one attached hydrogen (secondary N) is 1. The van der Waals surface area contributed by atoms with Crippen LogP contribution in [0.5, 0.6) is 0 Å². The lowest BCUT2D eigenvalue weighted by Crippen LogP contribution is -1.93. The minimum atomic E-state index is 0.850. The quantitative estimate of drug-likeness (QED) is 0.576. The predicted molar refractivity (Wildman–Crippen MR) is 91.3 cm³/mol. The summed E-state index contributed by atoms with van der Waals surface area (Å²) in [6.45, 7) is 3.95. The standard InChI is InChI=1S/C19H15N3/c1-2-22-17(14-8-4-3-5-9-14)12-13-18(22)19-20-15-10-6-7-11-16(15)21-19/h2-13H,1H2,(H,20,21). The maximum absolute atomic E-state index is 4.67. The molecule has 0 aliphatic rings. The second-order valence-electron chi connectivity index (χ2n) is 5.12. The summed E-state index contributed by atoms with van der Waals surface area (Å²) in [6.07, 6.45) is 1.82. The van der Waals surface area contributed by atoms with E-state index in [0.29, 0.717) is 0 Å². The SMILES string of the molecule is C=Cn1c(-c2ccccc2)ccc1-c1nc2ccccc2[nH]1. The Morgan fingerprint density at radius 3 is 2.36 bits per heavy atom. The van der Waals surface area contributed by atoms with Crippen molar-refractivity contribution in [1.82, 2.24) is 14.5 Å². The number of fused-ring (bicyclic) bond motifs is 1. The van der Waals surface area contributed by atoms with Crippen LogP contribution in [-0.2, 0) is 0 Å². The molecule has 4 rings (SSSR count). The first-order valence-electron chi connectivity index (χ1n) is 7.21. The molecule has 3 heteroatoms. The highest BCUT2D eigenvalue weighted by Crippen LogP contribution is 2.28. The Hall–Kier alpha value is -3.07. The lowest BCUT2D eigenvalue weighted by Gasteiger charge is -2.07. The molecular weight excluding hydrogens is 270 g/mol. The summed E-state index contributed by atoms with van der Waals surface area (Å²) in [5.41, 5.74) is 5.27. The zero-order chi connectivity index (χ0) is 14.9. The van der Waals surface area contributed by atoms with E-state index >= 15 is 0 Å². The summed E-state index contributed by atoms with van der Waals surface area (Å²) in [5.74, 6) is 0.850. The van der Waals surface area contributed by atoms with Crippen molar-refractivity contribution in [3.05, 3.63) is 73.3 Å². The molecule has 0 atom stereocenters. The van der Waals surface area contributed by atoms with E-state index in [4.69, 9.17) is 0 Å². The summed E-state index contributed by atoms with van der Waals surface area (Å²) in [4.78, 5) is 8.05. The van der Waals surface area contributed by atoms with Gasteiger partial charge in [0.15, 0.2) is 5.82 Å². The van der Waals surface area contributed by atoms with E-state index in [1.807, 2.05) is 48.7 Å². The molecule has 2 aromatic carbocycles. The van der Waals surface area contributed by atoms with Crippen molar-refractivity contribution in [2.45, 2.75) is 0 Å². The molecule has 2 heterocycles. The number of hydrogen-bond acceptors (Lipinski definition) is 1. The molecule has 4 aromatic rings. The molecule has 0 spiro atoms. The van der Waals surface area contributed by atoms with Gasteiger partial charge in [-0.05, 0) is 29.8 Å². The zero-order valence-electron chi connectivity index (χ0n) is 12.0. The van der Waals surface area contributed by atoms with Crippen molar-refractivity contribution in [3.63, 3.8) is 0 Å². The molecule has 1 N–H and O–H groups in total. The highest BCUT2D eigenvalue weighted by molar-refractivity contribution is 5.80. The van der Waals surface area contributed by atoms with Crippen molar-refractivity contribution in [2.75, 3.05) is 0 Å². The zero-order valence-corrected chi connectivity index (χ0v) is 12.0. The van der Waals surface area contributed by atoms with Crippen LogP contribution in [0.15, 0.2) is 73.3 Å². The highest BCUT2D eigenvalue weighted by atomic mass is 15.0. The van der Waals surface area contributed by atoms with Crippen LogP contribution in [0, 0.1) is 0 Å². The van der Waals surface area contributed by atoms with Crippen LogP contribution in [0.2, 0.25) is 0 Å². The summed E-state index contributed by atoms with van der Waals surface area (Å²) in [6, 6.07) is 22.5. The van der Waals surface area contributed by atoms with Gasteiger partial charge >= 0.3 is 0 Å². The Labute approximate surface area is 128 Å². The van der Waals surface area contributed by atoms with Gasteiger partial charge in [0.05, 0.1) is 22.4 Å². The van der Waals surface area contributed by atoms with Crippen molar-refractivity contribution in [2.24, 2.45) is 0 Å². The van der Waals surface area contributed by atoms with E-state index in [9.17, 15) is 0 Å². The molecule has 0 saturated carbocycles. The third-order valence-corrected chi connectivity index (χ3v) is 3.80. The van der Waals surface area contributed by atoms with Gasteiger partial charge in [-0.15, -0.1) is 0 Å². The molecule has 2 aromatic heterocycles. The molecule has 106 valence electrons. The van der Waals surface area contributed by atoms with Gasteiger partial charge in [0.2, 0.25) is 0 Å². The number of para-hydroxylation sites is 2. The van der Waals surface area contributed by atoms with Gasteiger partial charge in [-0.25, -0.2) is 4.98 Å². The first kappa shape index (κ1) is 12.7. The number of rotatable bonds is 3. The van der Waals surface area contributed by atoms with Crippen LogP contribution >= 0.6 is 0 Å². The van der Waals surface area contributed by atoms with E-state index in [1.165, 1.54) is 0 Å². The molecule has 0 bridgehead atoms. The summed E-state index contributed by atoms with van der Waals surface area (Å²) >= 11 is 0. The normalized spacial score (nSPS) is 10.9. The van der Waals surface area contributed by atoms with Gasteiger partial charge in [0.1, 0.15) is 0 Å². The van der Waals surface area contributed by atoms with Crippen LogP contribution in [0.4, 0.5) is 0 Å². The molecule has 0 amide bonds. The third-order valence-electron chi connectivity index (χ3n) is 3.80. The van der Waals surface area contributed by atoms with E-state index in [1.54, 1.807) is 0 Å². The Bertz CT molecular complexity index is 912. The minimum Gasteiger partial charge on any atom is -0.337 e. The molecule has 0 aliphatic heterocycles. The molecule has 0 aliphatic carbocycles. The van der Waals surface area contributed by atoms with Crippen molar-refractivity contribution in [1.29, 1.82) is 0 Å². The van der Waals surface area contributed by atoms with Gasteiger partial charge < -0.3 is 9.55 Å². The first-order chi connectivity index (χ1) is 10.9. The number of hydrogen-bond donors (Lipinski definition) is 1. The van der Waals surface area contributed by atoms with Crippen molar-refractivity contribution in [3.8, 4) is 22.8 Å². The maximum Gasteiger partial charge on any atom is 0.155 e. The minimum absolute atomic E-state index is 0.850. The number of H-pyrrole nitrogens is 1. The van der Waals surface area contributed by atoms with Crippen LogP contribution < -0.4 is 0 Å². The third kappa shape index (κ3) is 1.95. The fourth-order valence-electron chi connectivity index (χ4n) is 2.76. The maximum atomic E-state index is 4.67. The molecular formula is C19H15N3. The van der Waals surface area contributed by atoms with Crippen LogP contribution in [0.25, 0.3) is 40.0 Å². The van der Waals surface area contributed by atoms with E-state index in [0.717, 1.165) is 33.8 Å². The Morgan fingerprint density at radius 1 is 0.864 bits per heavy atom. The summed E-state index contributed by atoms with van der Waals surface area (Å²) < 4.78 is 2.06. The summed E-state index contributed by atoms with van der Waals surface area (Å²) in [5, 5.41) is 0. The van der Waals surface area contributed by atoms with Gasteiger partial charge in [-0.2, -0.15) is 0 Å². The van der Waals surface area contributed by atoms with Gasteiger partial charge in [0, 0.05) is 6.20 Å². The topological polar surface area (TPSA) is 33.6 Å². The smallest absolute Gasteiger partial charge is 0.155 e. The molecule has 3 nitrogen and oxygen atoms in total. The number of nitrogens with zero attached hydrogens (tertiary/aromatic N) is 2. The van der Waals surface area contributed by atoms with Crippen molar-refractivity contribution < 1.29 is 0 Å². The van der Waals surface area contributed by atoms with E-state index < -0.39 is 0 Å². The molecule has 0 fully saturated rings. The number of benzene rings is 2. The predicted octanol–water partition coefficient (Wildman–Crippen LogP) is 4.80.